The maximum atomic E-state index is 11.4. The standard InChI is InChI=1S/C9H15NO4/c1-3-7(11)10-4-5-14-9(2,6-10)8(12)13/h3-6H2,1-2H3,(H,12,13). The lowest BCUT2D eigenvalue weighted by atomic mass is 10.0. The molecule has 5 heteroatoms. The summed E-state index contributed by atoms with van der Waals surface area (Å²) >= 11 is 0. The summed E-state index contributed by atoms with van der Waals surface area (Å²) in [6.07, 6.45) is 0.399. The zero-order valence-electron chi connectivity index (χ0n) is 8.45. The maximum Gasteiger partial charge on any atom is 0.337 e. The van der Waals surface area contributed by atoms with E-state index in [1.807, 2.05) is 0 Å². The van der Waals surface area contributed by atoms with Gasteiger partial charge < -0.3 is 14.7 Å². The fourth-order valence-electron chi connectivity index (χ4n) is 1.44. The quantitative estimate of drug-likeness (QED) is 0.688. The molecule has 1 saturated heterocycles. The first-order valence-electron chi connectivity index (χ1n) is 4.64. The van der Waals surface area contributed by atoms with Gasteiger partial charge in [-0.2, -0.15) is 0 Å². The number of rotatable bonds is 2. The van der Waals surface area contributed by atoms with Crippen molar-refractivity contribution in [3.63, 3.8) is 0 Å². The van der Waals surface area contributed by atoms with Gasteiger partial charge in [-0.15, -0.1) is 0 Å². The van der Waals surface area contributed by atoms with E-state index in [-0.39, 0.29) is 19.1 Å². The van der Waals surface area contributed by atoms with E-state index >= 15 is 0 Å². The minimum absolute atomic E-state index is 0.0271. The summed E-state index contributed by atoms with van der Waals surface area (Å²) in [5, 5.41) is 8.91. The first-order valence-corrected chi connectivity index (χ1v) is 4.64. The zero-order valence-corrected chi connectivity index (χ0v) is 8.45. The molecule has 1 aliphatic heterocycles. The molecule has 0 aromatic rings. The SMILES string of the molecule is CCC(=O)N1CCOC(C)(C(=O)O)C1. The third-order valence-electron chi connectivity index (χ3n) is 2.38. The van der Waals surface area contributed by atoms with Crippen LogP contribution in [0.4, 0.5) is 0 Å². The molecule has 1 heterocycles. The van der Waals surface area contributed by atoms with E-state index in [9.17, 15) is 9.59 Å². The Labute approximate surface area is 82.6 Å². The zero-order chi connectivity index (χ0) is 10.8. The molecular formula is C9H15NO4. The fraction of sp³-hybridized carbons (Fsp3) is 0.778. The minimum Gasteiger partial charge on any atom is -0.479 e. The maximum absolute atomic E-state index is 11.4. The van der Waals surface area contributed by atoms with Crippen LogP contribution < -0.4 is 0 Å². The minimum atomic E-state index is -1.25. The third-order valence-corrected chi connectivity index (χ3v) is 2.38. The number of carbonyl (C=O) groups is 2. The first-order chi connectivity index (χ1) is 6.49. The molecule has 0 radical (unpaired) electrons. The monoisotopic (exact) mass is 201 g/mol. The summed E-state index contributed by atoms with van der Waals surface area (Å²) in [4.78, 5) is 23.8. The van der Waals surface area contributed by atoms with Crippen molar-refractivity contribution in [2.45, 2.75) is 25.9 Å². The lowest BCUT2D eigenvalue weighted by Crippen LogP contribution is -2.56. The van der Waals surface area contributed by atoms with E-state index in [4.69, 9.17) is 9.84 Å². The smallest absolute Gasteiger partial charge is 0.337 e. The number of morpholine rings is 1. The first kappa shape index (κ1) is 11.0. The second kappa shape index (κ2) is 3.96. The van der Waals surface area contributed by atoms with Crippen LogP contribution in [-0.4, -0.2) is 47.2 Å². The highest BCUT2D eigenvalue weighted by Crippen LogP contribution is 2.18. The largest absolute Gasteiger partial charge is 0.479 e. The molecule has 5 nitrogen and oxygen atoms in total. The molecule has 1 aliphatic rings. The van der Waals surface area contributed by atoms with E-state index in [1.165, 1.54) is 11.8 Å². The molecule has 0 saturated carbocycles. The summed E-state index contributed by atoms with van der Waals surface area (Å²) in [5.74, 6) is -1.05. The van der Waals surface area contributed by atoms with Gasteiger partial charge in [0.15, 0.2) is 5.60 Å². The molecule has 0 aromatic carbocycles. The highest BCUT2D eigenvalue weighted by atomic mass is 16.5. The fourth-order valence-corrected chi connectivity index (χ4v) is 1.44. The molecule has 1 rings (SSSR count). The number of carbonyl (C=O) groups excluding carboxylic acids is 1. The van der Waals surface area contributed by atoms with Crippen molar-refractivity contribution in [1.29, 1.82) is 0 Å². The Balaban J connectivity index is 2.69. The molecule has 1 amide bonds. The van der Waals surface area contributed by atoms with E-state index in [0.717, 1.165) is 0 Å². The molecule has 1 fully saturated rings. The molecule has 80 valence electrons. The molecule has 0 bridgehead atoms. The number of nitrogens with zero attached hydrogens (tertiary/aromatic N) is 1. The van der Waals surface area contributed by atoms with E-state index in [2.05, 4.69) is 0 Å². The van der Waals surface area contributed by atoms with Crippen LogP contribution >= 0.6 is 0 Å². The number of hydrogen-bond donors (Lipinski definition) is 1. The van der Waals surface area contributed by atoms with Crippen molar-refractivity contribution < 1.29 is 19.4 Å². The Morgan fingerprint density at radius 2 is 2.21 bits per heavy atom. The van der Waals surface area contributed by atoms with E-state index < -0.39 is 11.6 Å². The molecule has 14 heavy (non-hydrogen) atoms. The highest BCUT2D eigenvalue weighted by molar-refractivity contribution is 5.80. The summed E-state index contributed by atoms with van der Waals surface area (Å²) in [5.41, 5.74) is -1.25. The van der Waals surface area contributed by atoms with Gasteiger partial charge >= 0.3 is 5.97 Å². The van der Waals surface area contributed by atoms with Gasteiger partial charge in [-0.3, -0.25) is 4.79 Å². The number of carboxylic acid groups (broad SMARTS) is 1. The van der Waals surface area contributed by atoms with Gasteiger partial charge in [0.25, 0.3) is 0 Å². The molecule has 0 aromatic heterocycles. The van der Waals surface area contributed by atoms with Crippen LogP contribution in [0.25, 0.3) is 0 Å². The Bertz CT molecular complexity index is 253. The summed E-state index contributed by atoms with van der Waals surface area (Å²) in [7, 11) is 0. The predicted molar refractivity (Wildman–Crippen MR) is 48.9 cm³/mol. The lowest BCUT2D eigenvalue weighted by Gasteiger charge is -2.37. The van der Waals surface area contributed by atoms with Crippen molar-refractivity contribution in [2.75, 3.05) is 19.7 Å². The average Bonchev–Trinajstić information content (AvgIpc) is 2.16. The van der Waals surface area contributed by atoms with Crippen LogP contribution in [0.1, 0.15) is 20.3 Å². The number of amides is 1. The topological polar surface area (TPSA) is 66.8 Å². The van der Waals surface area contributed by atoms with Gasteiger partial charge in [-0.05, 0) is 6.92 Å². The van der Waals surface area contributed by atoms with Crippen LogP contribution in [0.5, 0.6) is 0 Å². The van der Waals surface area contributed by atoms with Crippen molar-refractivity contribution in [2.24, 2.45) is 0 Å². The molecule has 0 spiro atoms. The summed E-state index contributed by atoms with van der Waals surface area (Å²) < 4.78 is 5.16. The van der Waals surface area contributed by atoms with Crippen molar-refractivity contribution in [3.8, 4) is 0 Å². The summed E-state index contributed by atoms with van der Waals surface area (Å²) in [6.45, 7) is 4.15. The molecule has 1 unspecified atom stereocenters. The number of hydrogen-bond acceptors (Lipinski definition) is 3. The van der Waals surface area contributed by atoms with Crippen molar-refractivity contribution in [1.82, 2.24) is 4.90 Å². The summed E-state index contributed by atoms with van der Waals surface area (Å²) in [6, 6.07) is 0. The Kier molecular flexibility index (Phi) is 3.10. The second-order valence-electron chi connectivity index (χ2n) is 3.55. The average molecular weight is 201 g/mol. The van der Waals surface area contributed by atoms with E-state index in [1.54, 1.807) is 6.92 Å². The Morgan fingerprint density at radius 3 is 2.71 bits per heavy atom. The van der Waals surface area contributed by atoms with Gasteiger partial charge in [0.2, 0.25) is 5.91 Å². The molecule has 0 aliphatic carbocycles. The number of aliphatic carboxylic acids is 1. The molecule has 1 atom stereocenters. The van der Waals surface area contributed by atoms with Gasteiger partial charge in [0.05, 0.1) is 13.2 Å². The van der Waals surface area contributed by atoms with Crippen LogP contribution in [0.3, 0.4) is 0 Å². The molecular weight excluding hydrogens is 186 g/mol. The van der Waals surface area contributed by atoms with Gasteiger partial charge in [-0.1, -0.05) is 6.92 Å². The Hall–Kier alpha value is -1.10. The van der Waals surface area contributed by atoms with Crippen LogP contribution in [0.2, 0.25) is 0 Å². The third kappa shape index (κ3) is 2.04. The van der Waals surface area contributed by atoms with Crippen molar-refractivity contribution >= 4 is 11.9 Å². The number of carboxylic acids is 1. The van der Waals surface area contributed by atoms with Gasteiger partial charge in [-0.25, -0.2) is 4.79 Å². The van der Waals surface area contributed by atoms with Crippen LogP contribution in [-0.2, 0) is 14.3 Å². The van der Waals surface area contributed by atoms with Crippen LogP contribution in [0.15, 0.2) is 0 Å². The molecule has 1 N–H and O–H groups in total. The Morgan fingerprint density at radius 1 is 1.57 bits per heavy atom. The lowest BCUT2D eigenvalue weighted by molar-refractivity contribution is -0.177. The predicted octanol–water partition coefficient (Wildman–Crippen LogP) is 0.0985. The van der Waals surface area contributed by atoms with E-state index in [0.29, 0.717) is 13.0 Å². The second-order valence-corrected chi connectivity index (χ2v) is 3.55. The normalized spacial score (nSPS) is 27.4. The number of ether oxygens (including phenoxy) is 1. The van der Waals surface area contributed by atoms with Crippen molar-refractivity contribution in [3.05, 3.63) is 0 Å². The van der Waals surface area contributed by atoms with Gasteiger partial charge in [0, 0.05) is 13.0 Å². The highest BCUT2D eigenvalue weighted by Gasteiger charge is 2.40. The van der Waals surface area contributed by atoms with Gasteiger partial charge in [0.1, 0.15) is 0 Å². The van der Waals surface area contributed by atoms with Crippen LogP contribution in [0, 0.1) is 0 Å².